The zero-order chi connectivity index (χ0) is 19.6. The molecule has 7 heteroatoms. The Balaban J connectivity index is 1.83. The molecule has 2 heterocycles. The maximum Gasteiger partial charge on any atom is 0.287 e. The van der Waals surface area contributed by atoms with Gasteiger partial charge in [0.1, 0.15) is 12.0 Å². The van der Waals surface area contributed by atoms with Gasteiger partial charge >= 0.3 is 0 Å². The minimum Gasteiger partial charge on any atom is -0.318 e. The van der Waals surface area contributed by atoms with Gasteiger partial charge < -0.3 is 4.57 Å². The first-order valence-corrected chi connectivity index (χ1v) is 8.53. The number of pyridine rings is 1. The number of aryl methyl sites for hydroxylation is 2. The molecule has 0 bridgehead atoms. The molecule has 7 nitrogen and oxygen atoms in total. The van der Waals surface area contributed by atoms with E-state index in [4.69, 9.17) is 0 Å². The molecule has 0 atom stereocenters. The second-order valence-electron chi connectivity index (χ2n) is 6.41. The first-order chi connectivity index (χ1) is 12.9. The average Bonchev–Trinajstić information content (AvgIpc) is 2.92. The summed E-state index contributed by atoms with van der Waals surface area (Å²) in [4.78, 5) is 14.1. The molecule has 0 fully saturated rings. The molecule has 0 spiro atoms. The van der Waals surface area contributed by atoms with Crippen LogP contribution in [0.25, 0.3) is 5.69 Å². The zero-order valence-electron chi connectivity index (χ0n) is 15.7. The second kappa shape index (κ2) is 7.41. The van der Waals surface area contributed by atoms with E-state index in [1.165, 1.54) is 29.5 Å². The summed E-state index contributed by atoms with van der Waals surface area (Å²) in [7, 11) is 0. The quantitative estimate of drug-likeness (QED) is 0.412. The third-order valence-electron chi connectivity index (χ3n) is 4.63. The third-order valence-corrected chi connectivity index (χ3v) is 4.63. The first-order valence-electron chi connectivity index (χ1n) is 8.53. The minimum atomic E-state index is -0.484. The summed E-state index contributed by atoms with van der Waals surface area (Å²) in [5.74, 6) is 0.445. The number of nitrogens with one attached hydrogen (secondary N) is 1. The Morgan fingerprint density at radius 1 is 1.19 bits per heavy atom. The van der Waals surface area contributed by atoms with Crippen LogP contribution in [0.15, 0.2) is 47.7 Å². The Morgan fingerprint density at radius 3 is 2.63 bits per heavy atom. The van der Waals surface area contributed by atoms with Crippen molar-refractivity contribution in [2.24, 2.45) is 5.10 Å². The van der Waals surface area contributed by atoms with Crippen LogP contribution in [0.5, 0.6) is 0 Å². The minimum absolute atomic E-state index is 0.0541. The predicted octanol–water partition coefficient (Wildman–Crippen LogP) is 4.46. The monoisotopic (exact) mass is 363 g/mol. The highest BCUT2D eigenvalue weighted by molar-refractivity contribution is 5.82. The summed E-state index contributed by atoms with van der Waals surface area (Å²) >= 11 is 0. The molecule has 0 aliphatic carbocycles. The van der Waals surface area contributed by atoms with Crippen molar-refractivity contribution in [2.75, 3.05) is 5.43 Å². The molecule has 3 rings (SSSR count). The standard InChI is InChI=1S/C20H21N5O2/c1-13-6-5-7-19(15(13)3)24-14(2)10-17(16(24)4)11-22-23-20-9-8-18(12-21-20)25(26)27/h5-12H,1-4H3,(H,21,23). The molecule has 27 heavy (non-hydrogen) atoms. The van der Waals surface area contributed by atoms with Crippen molar-refractivity contribution in [3.63, 3.8) is 0 Å². The van der Waals surface area contributed by atoms with Gasteiger partial charge in [0.2, 0.25) is 0 Å². The summed E-state index contributed by atoms with van der Waals surface area (Å²) < 4.78 is 2.22. The van der Waals surface area contributed by atoms with Gasteiger partial charge in [-0.2, -0.15) is 5.10 Å². The van der Waals surface area contributed by atoms with Crippen molar-refractivity contribution < 1.29 is 4.92 Å². The molecule has 1 aromatic carbocycles. The highest BCUT2D eigenvalue weighted by Crippen LogP contribution is 2.24. The third kappa shape index (κ3) is 3.72. The van der Waals surface area contributed by atoms with E-state index in [1.807, 2.05) is 0 Å². The van der Waals surface area contributed by atoms with E-state index in [9.17, 15) is 10.1 Å². The summed E-state index contributed by atoms with van der Waals surface area (Å²) in [5.41, 5.74) is 9.60. The number of nitrogens with zero attached hydrogens (tertiary/aromatic N) is 4. The Bertz CT molecular complexity index is 1020. The predicted molar refractivity (Wildman–Crippen MR) is 107 cm³/mol. The van der Waals surface area contributed by atoms with Gasteiger partial charge in [-0.15, -0.1) is 0 Å². The molecule has 0 aliphatic heterocycles. The molecule has 2 aromatic heterocycles. The van der Waals surface area contributed by atoms with Gasteiger partial charge in [-0.3, -0.25) is 15.5 Å². The van der Waals surface area contributed by atoms with Gasteiger partial charge in [0.25, 0.3) is 5.69 Å². The number of anilines is 1. The van der Waals surface area contributed by atoms with Gasteiger partial charge in [-0.05, 0) is 57.0 Å². The highest BCUT2D eigenvalue weighted by Gasteiger charge is 2.12. The van der Waals surface area contributed by atoms with Crippen LogP contribution in [0.3, 0.4) is 0 Å². The van der Waals surface area contributed by atoms with Crippen LogP contribution in [-0.4, -0.2) is 20.7 Å². The van der Waals surface area contributed by atoms with Crippen molar-refractivity contribution in [2.45, 2.75) is 27.7 Å². The van der Waals surface area contributed by atoms with Crippen molar-refractivity contribution in [3.8, 4) is 5.69 Å². The fraction of sp³-hybridized carbons (Fsp3) is 0.200. The summed E-state index contributed by atoms with van der Waals surface area (Å²) in [6.45, 7) is 8.35. The van der Waals surface area contributed by atoms with Crippen LogP contribution in [0, 0.1) is 37.8 Å². The Labute approximate surface area is 157 Å². The lowest BCUT2D eigenvalue weighted by atomic mass is 10.1. The molecule has 3 aromatic rings. The lowest BCUT2D eigenvalue weighted by molar-refractivity contribution is -0.385. The summed E-state index contributed by atoms with van der Waals surface area (Å²) in [6.07, 6.45) is 2.93. The maximum absolute atomic E-state index is 10.7. The van der Waals surface area contributed by atoms with Gasteiger partial charge in [0.05, 0.1) is 11.1 Å². The largest absolute Gasteiger partial charge is 0.318 e. The van der Waals surface area contributed by atoms with E-state index in [-0.39, 0.29) is 5.69 Å². The van der Waals surface area contributed by atoms with Crippen molar-refractivity contribution in [1.29, 1.82) is 0 Å². The van der Waals surface area contributed by atoms with Crippen LogP contribution >= 0.6 is 0 Å². The van der Waals surface area contributed by atoms with Crippen LogP contribution in [0.1, 0.15) is 28.1 Å². The van der Waals surface area contributed by atoms with Crippen molar-refractivity contribution >= 4 is 17.7 Å². The number of hydrogen-bond donors (Lipinski definition) is 1. The Morgan fingerprint density at radius 2 is 1.96 bits per heavy atom. The SMILES string of the molecule is Cc1cccc(-n2c(C)cc(C=NNc3ccc([N+](=O)[O-])cn3)c2C)c1C. The Kier molecular flexibility index (Phi) is 5.03. The van der Waals surface area contributed by atoms with Crippen LogP contribution in [-0.2, 0) is 0 Å². The van der Waals surface area contributed by atoms with E-state index < -0.39 is 4.92 Å². The fourth-order valence-corrected chi connectivity index (χ4v) is 3.00. The number of hydrogen-bond acceptors (Lipinski definition) is 5. The van der Waals surface area contributed by atoms with Gasteiger partial charge in [-0.1, -0.05) is 12.1 Å². The molecule has 0 radical (unpaired) electrons. The molecular weight excluding hydrogens is 342 g/mol. The van der Waals surface area contributed by atoms with E-state index in [0.717, 1.165) is 22.6 Å². The van der Waals surface area contributed by atoms with Gasteiger partial charge in [-0.25, -0.2) is 4.98 Å². The van der Waals surface area contributed by atoms with E-state index in [2.05, 4.69) is 72.0 Å². The van der Waals surface area contributed by atoms with Crippen molar-refractivity contribution in [3.05, 3.63) is 80.8 Å². The number of benzene rings is 1. The van der Waals surface area contributed by atoms with Crippen LogP contribution in [0.4, 0.5) is 11.5 Å². The van der Waals surface area contributed by atoms with Gasteiger partial charge in [0.15, 0.2) is 0 Å². The normalized spacial score (nSPS) is 11.1. The fourth-order valence-electron chi connectivity index (χ4n) is 3.00. The summed E-state index contributed by atoms with van der Waals surface area (Å²) in [6, 6.07) is 11.3. The number of nitro groups is 1. The van der Waals surface area contributed by atoms with Crippen LogP contribution in [0.2, 0.25) is 0 Å². The van der Waals surface area contributed by atoms with E-state index in [1.54, 1.807) is 6.21 Å². The molecule has 138 valence electrons. The van der Waals surface area contributed by atoms with Crippen LogP contribution < -0.4 is 5.43 Å². The smallest absolute Gasteiger partial charge is 0.287 e. The molecule has 0 aliphatic rings. The Hall–Kier alpha value is -3.48. The number of aromatic nitrogens is 2. The van der Waals surface area contributed by atoms with E-state index >= 15 is 0 Å². The van der Waals surface area contributed by atoms with Crippen molar-refractivity contribution in [1.82, 2.24) is 9.55 Å². The number of rotatable bonds is 5. The molecule has 0 saturated heterocycles. The van der Waals surface area contributed by atoms with E-state index in [0.29, 0.717) is 5.82 Å². The maximum atomic E-state index is 10.7. The topological polar surface area (TPSA) is 85.3 Å². The molecular formula is C20H21N5O2. The molecule has 0 saturated carbocycles. The summed E-state index contributed by atoms with van der Waals surface area (Å²) in [5, 5.41) is 14.9. The molecule has 0 unspecified atom stereocenters. The lowest BCUT2D eigenvalue weighted by Gasteiger charge is -2.14. The zero-order valence-corrected chi connectivity index (χ0v) is 15.7. The number of hydrazone groups is 1. The molecule has 1 N–H and O–H groups in total. The average molecular weight is 363 g/mol. The first kappa shape index (κ1) is 18.3. The van der Waals surface area contributed by atoms with Gasteiger partial charge in [0, 0.05) is 28.7 Å². The lowest BCUT2D eigenvalue weighted by Crippen LogP contribution is -2.03. The highest BCUT2D eigenvalue weighted by atomic mass is 16.6. The molecule has 0 amide bonds. The second-order valence-corrected chi connectivity index (χ2v) is 6.41.